The van der Waals surface area contributed by atoms with Crippen molar-refractivity contribution in [3.8, 4) is 0 Å². The predicted molar refractivity (Wildman–Crippen MR) is 49.5 cm³/mol. The van der Waals surface area contributed by atoms with Gasteiger partial charge in [0.1, 0.15) is 0 Å². The first-order valence-corrected chi connectivity index (χ1v) is 6.01. The monoisotopic (exact) mass is 206 g/mol. The van der Waals surface area contributed by atoms with Gasteiger partial charge in [-0.05, 0) is 47.8 Å². The zero-order valence-corrected chi connectivity index (χ0v) is 8.59. The summed E-state index contributed by atoms with van der Waals surface area (Å²) >= 11 is 0. The molecule has 0 aromatic heterocycles. The first kappa shape index (κ1) is 7.66. The highest BCUT2D eigenvalue weighted by Crippen LogP contribution is 2.97. The van der Waals surface area contributed by atoms with Crippen LogP contribution in [0.2, 0.25) is 0 Å². The van der Waals surface area contributed by atoms with Gasteiger partial charge in [0.2, 0.25) is 0 Å². The van der Waals surface area contributed by atoms with Gasteiger partial charge in [-0.1, -0.05) is 0 Å². The quantitative estimate of drug-likeness (QED) is 0.627. The first-order valence-electron chi connectivity index (χ1n) is 6.01. The highest BCUT2D eigenvalue weighted by molar-refractivity contribution is 5.86. The third-order valence-electron chi connectivity index (χ3n) is 6.38. The number of rotatable bonds is 1. The Hall–Kier alpha value is -0.570. The van der Waals surface area contributed by atoms with Crippen molar-refractivity contribution in [2.75, 3.05) is 7.11 Å². The number of ether oxygens (including phenoxy) is 1. The zero-order chi connectivity index (χ0) is 10.1. The van der Waals surface area contributed by atoms with Gasteiger partial charge >= 0.3 is 5.97 Å². The van der Waals surface area contributed by atoms with Gasteiger partial charge in [0.05, 0.1) is 18.6 Å². The van der Waals surface area contributed by atoms with Gasteiger partial charge in [0.15, 0.2) is 0 Å². The second-order valence-electron chi connectivity index (χ2n) is 6.20. The topological polar surface area (TPSA) is 46.5 Å². The minimum absolute atomic E-state index is 0.0362. The van der Waals surface area contributed by atoms with Crippen molar-refractivity contribution in [3.05, 3.63) is 0 Å². The summed E-state index contributed by atoms with van der Waals surface area (Å²) in [6, 6.07) is 0. The maximum absolute atomic E-state index is 12.0. The SMILES string of the molecule is COC(=O)C12C3C4C5C[C@H](O)C(C43)C1C52. The molecule has 0 heterocycles. The Morgan fingerprint density at radius 3 is 2.67 bits per heavy atom. The van der Waals surface area contributed by atoms with E-state index >= 15 is 0 Å². The molecule has 6 aliphatic rings. The van der Waals surface area contributed by atoms with Crippen LogP contribution in [-0.2, 0) is 9.53 Å². The minimum atomic E-state index is -0.114. The molecule has 0 saturated heterocycles. The Bertz CT molecular complexity index is 402. The van der Waals surface area contributed by atoms with Crippen LogP contribution in [0.5, 0.6) is 0 Å². The van der Waals surface area contributed by atoms with E-state index in [0.717, 1.165) is 12.3 Å². The van der Waals surface area contributed by atoms with Gasteiger partial charge in [-0.25, -0.2) is 0 Å². The number of aliphatic hydroxyl groups excluding tert-OH is 1. The third kappa shape index (κ3) is 0.465. The molecule has 6 rings (SSSR count). The number of hydrogen-bond donors (Lipinski definition) is 1. The molecular weight excluding hydrogens is 192 g/mol. The molecule has 0 aromatic rings. The standard InChI is InChI=1S/C12H14O3/c1-15-11(14)12-8-3-2-4(13)6(10(8)12)7-5(3)9(7)12/h3-10,13H,2H2,1H3/t3?,4-,5?,6?,7?,8?,9?,10?,12?/m0/s1. The Morgan fingerprint density at radius 2 is 2.07 bits per heavy atom. The molecule has 3 heteroatoms. The van der Waals surface area contributed by atoms with Gasteiger partial charge in [-0.2, -0.15) is 0 Å². The average molecular weight is 206 g/mol. The maximum Gasteiger partial charge on any atom is 0.312 e. The van der Waals surface area contributed by atoms with Crippen molar-refractivity contribution in [3.63, 3.8) is 0 Å². The van der Waals surface area contributed by atoms with Crippen LogP contribution in [0.15, 0.2) is 0 Å². The summed E-state index contributed by atoms with van der Waals surface area (Å²) in [5.74, 6) is 4.32. The van der Waals surface area contributed by atoms with Crippen molar-refractivity contribution < 1.29 is 14.6 Å². The Balaban J connectivity index is 1.69. The molecule has 0 aliphatic heterocycles. The first-order chi connectivity index (χ1) is 7.24. The van der Waals surface area contributed by atoms with E-state index in [1.165, 1.54) is 7.11 Å². The normalized spacial score (nSPS) is 74.3. The fourth-order valence-corrected chi connectivity index (χ4v) is 6.43. The second-order valence-corrected chi connectivity index (χ2v) is 6.20. The summed E-state index contributed by atoms with van der Waals surface area (Å²) in [4.78, 5) is 12.0. The summed E-state index contributed by atoms with van der Waals surface area (Å²) in [5.41, 5.74) is -0.100. The summed E-state index contributed by atoms with van der Waals surface area (Å²) < 4.78 is 5.01. The molecular formula is C12H14O3. The Labute approximate surface area is 87.8 Å². The van der Waals surface area contributed by atoms with Crippen LogP contribution in [-0.4, -0.2) is 24.3 Å². The van der Waals surface area contributed by atoms with E-state index in [2.05, 4.69) is 0 Å². The molecule has 1 N–H and O–H groups in total. The smallest absolute Gasteiger partial charge is 0.312 e. The number of fused-ring (bicyclic) bond motifs is 1. The lowest BCUT2D eigenvalue weighted by atomic mass is 9.69. The van der Waals surface area contributed by atoms with Gasteiger partial charge in [-0.3, -0.25) is 4.79 Å². The van der Waals surface area contributed by atoms with E-state index in [-0.39, 0.29) is 17.5 Å². The molecule has 6 fully saturated rings. The van der Waals surface area contributed by atoms with Gasteiger partial charge in [-0.15, -0.1) is 0 Å². The van der Waals surface area contributed by atoms with Gasteiger partial charge in [0, 0.05) is 0 Å². The molecule has 3 nitrogen and oxygen atoms in total. The lowest BCUT2D eigenvalue weighted by Gasteiger charge is -2.38. The lowest BCUT2D eigenvalue weighted by Crippen LogP contribution is -2.39. The van der Waals surface area contributed by atoms with Crippen LogP contribution in [0.4, 0.5) is 0 Å². The molecule has 6 aliphatic carbocycles. The fourth-order valence-electron chi connectivity index (χ4n) is 6.43. The largest absolute Gasteiger partial charge is 0.469 e. The Kier molecular flexibility index (Phi) is 0.894. The van der Waals surface area contributed by atoms with Crippen LogP contribution in [0, 0.1) is 46.8 Å². The molecule has 6 saturated carbocycles. The Morgan fingerprint density at radius 1 is 1.27 bits per heavy atom. The van der Waals surface area contributed by atoms with Crippen molar-refractivity contribution in [1.29, 1.82) is 0 Å². The molecule has 8 unspecified atom stereocenters. The van der Waals surface area contributed by atoms with Crippen LogP contribution < -0.4 is 0 Å². The number of carbonyl (C=O) groups is 1. The average Bonchev–Trinajstić information content (AvgIpc) is 3.06. The van der Waals surface area contributed by atoms with Crippen LogP contribution >= 0.6 is 0 Å². The van der Waals surface area contributed by atoms with Gasteiger partial charge in [0.25, 0.3) is 0 Å². The molecule has 80 valence electrons. The predicted octanol–water partition coefficient (Wildman–Crippen LogP) is 0.278. The lowest BCUT2D eigenvalue weighted by molar-refractivity contribution is -0.148. The zero-order valence-electron chi connectivity index (χ0n) is 8.59. The number of hydrogen-bond acceptors (Lipinski definition) is 3. The molecule has 0 radical (unpaired) electrons. The van der Waals surface area contributed by atoms with Crippen molar-refractivity contribution in [1.82, 2.24) is 0 Å². The van der Waals surface area contributed by atoms with E-state index in [1.807, 2.05) is 0 Å². The highest BCUT2D eigenvalue weighted by atomic mass is 16.5. The maximum atomic E-state index is 12.0. The molecule has 15 heavy (non-hydrogen) atoms. The van der Waals surface area contributed by atoms with Gasteiger partial charge < -0.3 is 9.84 Å². The van der Waals surface area contributed by atoms with E-state index in [1.54, 1.807) is 0 Å². The van der Waals surface area contributed by atoms with E-state index < -0.39 is 0 Å². The number of methoxy groups -OCH3 is 1. The summed E-state index contributed by atoms with van der Waals surface area (Å²) in [5, 5.41) is 10.0. The highest BCUT2D eigenvalue weighted by Gasteiger charge is 2.99. The summed E-state index contributed by atoms with van der Waals surface area (Å²) in [6.07, 6.45) is 0.846. The number of esters is 1. The molecule has 0 aromatic carbocycles. The number of carbonyl (C=O) groups excluding carboxylic acids is 1. The third-order valence-corrected chi connectivity index (χ3v) is 6.38. The molecule has 0 amide bonds. The van der Waals surface area contributed by atoms with E-state index in [9.17, 15) is 9.90 Å². The molecule has 0 spiro atoms. The molecule has 2 bridgehead atoms. The summed E-state index contributed by atoms with van der Waals surface area (Å²) in [6.45, 7) is 0. The second kappa shape index (κ2) is 1.75. The fraction of sp³-hybridized carbons (Fsp3) is 0.917. The van der Waals surface area contributed by atoms with E-state index in [0.29, 0.717) is 35.5 Å². The van der Waals surface area contributed by atoms with Crippen molar-refractivity contribution in [2.45, 2.75) is 12.5 Å². The van der Waals surface area contributed by atoms with Crippen LogP contribution in [0.25, 0.3) is 0 Å². The van der Waals surface area contributed by atoms with E-state index in [4.69, 9.17) is 4.74 Å². The summed E-state index contributed by atoms with van der Waals surface area (Å²) in [7, 11) is 1.51. The van der Waals surface area contributed by atoms with Crippen molar-refractivity contribution in [2.24, 2.45) is 46.8 Å². The van der Waals surface area contributed by atoms with Crippen molar-refractivity contribution >= 4 is 5.97 Å². The minimum Gasteiger partial charge on any atom is -0.469 e. The molecule has 9 atom stereocenters. The number of aliphatic hydroxyl groups is 1. The van der Waals surface area contributed by atoms with Crippen LogP contribution in [0.1, 0.15) is 6.42 Å². The van der Waals surface area contributed by atoms with Crippen LogP contribution in [0.3, 0.4) is 0 Å².